The second-order valence-corrected chi connectivity index (χ2v) is 5.24. The van der Waals surface area contributed by atoms with Gasteiger partial charge in [-0.05, 0) is 24.9 Å². The van der Waals surface area contributed by atoms with Crippen LogP contribution in [0.3, 0.4) is 0 Å². The SMILES string of the molecule is CC(C)C1(O)CN(C(=O)CC2CNC2)C1. The van der Waals surface area contributed by atoms with E-state index in [0.29, 0.717) is 25.4 Å². The van der Waals surface area contributed by atoms with E-state index in [-0.39, 0.29) is 11.8 Å². The van der Waals surface area contributed by atoms with Crippen molar-refractivity contribution in [3.05, 3.63) is 0 Å². The molecule has 2 aliphatic rings. The fourth-order valence-corrected chi connectivity index (χ4v) is 2.03. The van der Waals surface area contributed by atoms with Gasteiger partial charge in [-0.15, -0.1) is 0 Å². The molecule has 1 amide bonds. The van der Waals surface area contributed by atoms with E-state index in [4.69, 9.17) is 0 Å². The Morgan fingerprint density at radius 1 is 1.53 bits per heavy atom. The minimum absolute atomic E-state index is 0.201. The van der Waals surface area contributed by atoms with Crippen molar-refractivity contribution in [1.29, 1.82) is 0 Å². The first-order valence-electron chi connectivity index (χ1n) is 5.72. The van der Waals surface area contributed by atoms with E-state index in [0.717, 1.165) is 13.1 Å². The van der Waals surface area contributed by atoms with Crippen molar-refractivity contribution in [2.75, 3.05) is 26.2 Å². The monoisotopic (exact) mass is 212 g/mol. The third-order valence-corrected chi connectivity index (χ3v) is 3.69. The standard InChI is InChI=1S/C11H20N2O2/c1-8(2)11(15)6-13(7-11)10(14)3-9-4-12-5-9/h8-9,12,15H,3-7H2,1-2H3. The van der Waals surface area contributed by atoms with Gasteiger partial charge in [0.2, 0.25) is 5.91 Å². The number of carbonyl (C=O) groups excluding carboxylic acids is 1. The highest BCUT2D eigenvalue weighted by Gasteiger charge is 2.45. The van der Waals surface area contributed by atoms with E-state index in [2.05, 4.69) is 5.32 Å². The highest BCUT2D eigenvalue weighted by atomic mass is 16.3. The highest BCUT2D eigenvalue weighted by molar-refractivity contribution is 5.77. The van der Waals surface area contributed by atoms with Crippen molar-refractivity contribution in [1.82, 2.24) is 10.2 Å². The average Bonchev–Trinajstić information content (AvgIpc) is 2.05. The van der Waals surface area contributed by atoms with Gasteiger partial charge in [0.1, 0.15) is 5.60 Å². The first-order chi connectivity index (χ1) is 7.01. The third-order valence-electron chi connectivity index (χ3n) is 3.69. The van der Waals surface area contributed by atoms with E-state index in [1.54, 1.807) is 4.90 Å². The van der Waals surface area contributed by atoms with Crippen molar-refractivity contribution < 1.29 is 9.90 Å². The summed E-state index contributed by atoms with van der Waals surface area (Å²) in [6.07, 6.45) is 0.640. The minimum atomic E-state index is -0.631. The average molecular weight is 212 g/mol. The third kappa shape index (κ3) is 2.01. The van der Waals surface area contributed by atoms with Gasteiger partial charge >= 0.3 is 0 Å². The molecule has 2 aliphatic heterocycles. The number of aliphatic hydroxyl groups is 1. The van der Waals surface area contributed by atoms with Crippen LogP contribution in [0.4, 0.5) is 0 Å². The van der Waals surface area contributed by atoms with Crippen molar-refractivity contribution in [3.63, 3.8) is 0 Å². The summed E-state index contributed by atoms with van der Waals surface area (Å²) < 4.78 is 0. The smallest absolute Gasteiger partial charge is 0.223 e. The molecule has 2 rings (SSSR count). The second-order valence-electron chi connectivity index (χ2n) is 5.24. The van der Waals surface area contributed by atoms with Crippen LogP contribution in [0.2, 0.25) is 0 Å². The topological polar surface area (TPSA) is 52.6 Å². The number of hydrogen-bond donors (Lipinski definition) is 2. The fraction of sp³-hybridized carbons (Fsp3) is 0.909. The van der Waals surface area contributed by atoms with E-state index in [9.17, 15) is 9.90 Å². The lowest BCUT2D eigenvalue weighted by molar-refractivity contribution is -0.164. The van der Waals surface area contributed by atoms with Gasteiger partial charge in [-0.3, -0.25) is 4.79 Å². The Morgan fingerprint density at radius 2 is 2.13 bits per heavy atom. The number of carbonyl (C=O) groups is 1. The Bertz CT molecular complexity index is 255. The Balaban J connectivity index is 1.75. The summed E-state index contributed by atoms with van der Waals surface area (Å²) in [5, 5.41) is 13.2. The first-order valence-corrected chi connectivity index (χ1v) is 5.72. The molecule has 2 fully saturated rings. The van der Waals surface area contributed by atoms with Crippen LogP contribution in [0.5, 0.6) is 0 Å². The van der Waals surface area contributed by atoms with Gasteiger partial charge in [0.05, 0.1) is 13.1 Å². The molecule has 2 heterocycles. The lowest BCUT2D eigenvalue weighted by Gasteiger charge is -2.49. The molecular formula is C11H20N2O2. The largest absolute Gasteiger partial charge is 0.386 e. The summed E-state index contributed by atoms with van der Waals surface area (Å²) in [6.45, 7) is 6.96. The number of likely N-dealkylation sites (tertiary alicyclic amines) is 1. The zero-order chi connectivity index (χ0) is 11.1. The molecule has 0 aromatic rings. The summed E-state index contributed by atoms with van der Waals surface area (Å²) in [4.78, 5) is 13.5. The van der Waals surface area contributed by atoms with E-state index >= 15 is 0 Å². The molecule has 4 nitrogen and oxygen atoms in total. The molecule has 0 aromatic carbocycles. The number of hydrogen-bond acceptors (Lipinski definition) is 3. The molecule has 15 heavy (non-hydrogen) atoms. The van der Waals surface area contributed by atoms with Crippen LogP contribution in [-0.2, 0) is 4.79 Å². The molecule has 0 aliphatic carbocycles. The van der Waals surface area contributed by atoms with Crippen LogP contribution in [0, 0.1) is 11.8 Å². The fourth-order valence-electron chi connectivity index (χ4n) is 2.03. The zero-order valence-corrected chi connectivity index (χ0v) is 9.49. The summed E-state index contributed by atoms with van der Waals surface area (Å²) in [6, 6.07) is 0. The Kier molecular flexibility index (Phi) is 2.73. The second kappa shape index (κ2) is 3.76. The molecule has 4 heteroatoms. The highest BCUT2D eigenvalue weighted by Crippen LogP contribution is 2.29. The van der Waals surface area contributed by atoms with Gasteiger partial charge in [0.15, 0.2) is 0 Å². The number of rotatable bonds is 3. The lowest BCUT2D eigenvalue weighted by Crippen LogP contribution is -2.66. The minimum Gasteiger partial charge on any atom is -0.386 e. The Morgan fingerprint density at radius 3 is 2.53 bits per heavy atom. The number of β-amino-alcohol motifs (C(OH)–C–C–N with tert-alkyl or cyclic N) is 1. The molecule has 0 unspecified atom stereocenters. The van der Waals surface area contributed by atoms with Crippen LogP contribution < -0.4 is 5.32 Å². The van der Waals surface area contributed by atoms with Crippen molar-refractivity contribution in [3.8, 4) is 0 Å². The van der Waals surface area contributed by atoms with Gasteiger partial charge < -0.3 is 15.3 Å². The summed E-state index contributed by atoms with van der Waals surface area (Å²) >= 11 is 0. The normalized spacial score (nSPS) is 24.9. The Labute approximate surface area is 90.6 Å². The molecule has 86 valence electrons. The molecule has 0 spiro atoms. The zero-order valence-electron chi connectivity index (χ0n) is 9.49. The molecule has 0 saturated carbocycles. The van der Waals surface area contributed by atoms with E-state index in [1.807, 2.05) is 13.8 Å². The van der Waals surface area contributed by atoms with Gasteiger partial charge in [-0.1, -0.05) is 13.8 Å². The molecule has 2 saturated heterocycles. The van der Waals surface area contributed by atoms with Crippen LogP contribution in [0.25, 0.3) is 0 Å². The van der Waals surface area contributed by atoms with Crippen molar-refractivity contribution >= 4 is 5.91 Å². The number of nitrogens with one attached hydrogen (secondary N) is 1. The maximum atomic E-state index is 11.7. The molecule has 0 aromatic heterocycles. The predicted octanol–water partition coefficient (Wildman–Crippen LogP) is -0.175. The van der Waals surface area contributed by atoms with Gasteiger partial charge in [-0.25, -0.2) is 0 Å². The molecule has 0 atom stereocenters. The van der Waals surface area contributed by atoms with Crippen molar-refractivity contribution in [2.24, 2.45) is 11.8 Å². The molecule has 0 radical (unpaired) electrons. The van der Waals surface area contributed by atoms with Gasteiger partial charge in [0, 0.05) is 6.42 Å². The summed E-state index contributed by atoms with van der Waals surface area (Å²) in [5.74, 6) is 0.948. The molecule has 2 N–H and O–H groups in total. The maximum Gasteiger partial charge on any atom is 0.223 e. The van der Waals surface area contributed by atoms with E-state index < -0.39 is 5.60 Å². The maximum absolute atomic E-state index is 11.7. The number of amides is 1. The number of nitrogens with zero attached hydrogens (tertiary/aromatic N) is 1. The van der Waals surface area contributed by atoms with Crippen molar-refractivity contribution in [2.45, 2.75) is 25.9 Å². The van der Waals surface area contributed by atoms with Gasteiger partial charge in [-0.2, -0.15) is 0 Å². The first kappa shape index (κ1) is 10.9. The predicted molar refractivity (Wildman–Crippen MR) is 57.3 cm³/mol. The summed E-state index contributed by atoms with van der Waals surface area (Å²) in [5.41, 5.74) is -0.631. The van der Waals surface area contributed by atoms with E-state index in [1.165, 1.54) is 0 Å². The molecular weight excluding hydrogens is 192 g/mol. The van der Waals surface area contributed by atoms with Crippen LogP contribution >= 0.6 is 0 Å². The van der Waals surface area contributed by atoms with Crippen LogP contribution in [0.1, 0.15) is 20.3 Å². The quantitative estimate of drug-likeness (QED) is 0.682. The van der Waals surface area contributed by atoms with Crippen LogP contribution in [0.15, 0.2) is 0 Å². The summed E-state index contributed by atoms with van der Waals surface area (Å²) in [7, 11) is 0. The van der Waals surface area contributed by atoms with Gasteiger partial charge in [0.25, 0.3) is 0 Å². The van der Waals surface area contributed by atoms with Crippen LogP contribution in [-0.4, -0.2) is 47.7 Å². The Hall–Kier alpha value is -0.610. The molecule has 0 bridgehead atoms. The lowest BCUT2D eigenvalue weighted by atomic mass is 9.82.